The molecule has 0 saturated carbocycles. The minimum Gasteiger partial charge on any atom is -0.385 e. The number of rotatable bonds is 10. The van der Waals surface area contributed by atoms with Crippen LogP contribution in [-0.2, 0) is 4.74 Å². The van der Waals surface area contributed by atoms with E-state index in [4.69, 9.17) is 4.74 Å². The molecule has 0 amide bonds. The first-order valence-corrected chi connectivity index (χ1v) is 6.12. The molecule has 0 fully saturated rings. The molecule has 0 heterocycles. The Morgan fingerprint density at radius 2 is 1.88 bits per heavy atom. The summed E-state index contributed by atoms with van der Waals surface area (Å²) in [6.45, 7) is 7.43. The summed E-state index contributed by atoms with van der Waals surface area (Å²) in [5.41, 5.74) is 0. The van der Waals surface area contributed by atoms with E-state index in [0.29, 0.717) is 6.04 Å². The van der Waals surface area contributed by atoms with E-state index in [9.17, 15) is 0 Å². The largest absolute Gasteiger partial charge is 0.385 e. The molecule has 4 heteroatoms. The molecular weight excluding hydrogens is 202 g/mol. The van der Waals surface area contributed by atoms with Crippen molar-refractivity contribution in [3.05, 3.63) is 0 Å². The monoisotopic (exact) mass is 231 g/mol. The van der Waals surface area contributed by atoms with Gasteiger partial charge in [-0.05, 0) is 41.0 Å². The molecule has 0 aromatic carbocycles. The Bertz CT molecular complexity index is 153. The maximum atomic E-state index is 5.01. The third kappa shape index (κ3) is 9.09. The Morgan fingerprint density at radius 3 is 2.44 bits per heavy atom. The van der Waals surface area contributed by atoms with Crippen molar-refractivity contribution < 1.29 is 4.74 Å². The molecule has 0 spiro atoms. The van der Waals surface area contributed by atoms with Gasteiger partial charge in [0.25, 0.3) is 0 Å². The van der Waals surface area contributed by atoms with Crippen molar-refractivity contribution in [2.75, 3.05) is 61.0 Å². The first kappa shape index (κ1) is 15.8. The van der Waals surface area contributed by atoms with Crippen LogP contribution < -0.4 is 5.32 Å². The highest BCUT2D eigenvalue weighted by atomic mass is 16.5. The van der Waals surface area contributed by atoms with Crippen LogP contribution in [0.2, 0.25) is 0 Å². The zero-order valence-electron chi connectivity index (χ0n) is 11.6. The van der Waals surface area contributed by atoms with Crippen LogP contribution in [-0.4, -0.2) is 76.9 Å². The predicted molar refractivity (Wildman–Crippen MR) is 70.0 cm³/mol. The second kappa shape index (κ2) is 10.0. The average Bonchev–Trinajstić information content (AvgIpc) is 2.25. The summed E-state index contributed by atoms with van der Waals surface area (Å²) < 4.78 is 5.01. The number of ether oxygens (including phenoxy) is 1. The number of hydrogen-bond donors (Lipinski definition) is 1. The Balaban J connectivity index is 3.43. The lowest BCUT2D eigenvalue weighted by Gasteiger charge is -2.26. The van der Waals surface area contributed by atoms with Crippen molar-refractivity contribution in [3.63, 3.8) is 0 Å². The minimum atomic E-state index is 0.586. The molecule has 0 rings (SSSR count). The normalized spacial score (nSPS) is 13.7. The maximum Gasteiger partial charge on any atom is 0.0474 e. The van der Waals surface area contributed by atoms with Gasteiger partial charge in [-0.25, -0.2) is 0 Å². The molecule has 0 saturated heterocycles. The Kier molecular flexibility index (Phi) is 9.92. The molecule has 4 nitrogen and oxygen atoms in total. The number of nitrogens with one attached hydrogen (secondary N) is 1. The minimum absolute atomic E-state index is 0.586. The van der Waals surface area contributed by atoms with Gasteiger partial charge in [0.15, 0.2) is 0 Å². The summed E-state index contributed by atoms with van der Waals surface area (Å²) >= 11 is 0. The molecule has 98 valence electrons. The van der Waals surface area contributed by atoms with Crippen LogP contribution in [0.25, 0.3) is 0 Å². The van der Waals surface area contributed by atoms with E-state index < -0.39 is 0 Å². The molecule has 16 heavy (non-hydrogen) atoms. The highest BCUT2D eigenvalue weighted by Crippen LogP contribution is 1.94. The molecule has 0 aliphatic rings. The Labute approximate surface area is 101 Å². The first-order chi connectivity index (χ1) is 7.57. The summed E-state index contributed by atoms with van der Waals surface area (Å²) in [5, 5.41) is 3.45. The van der Waals surface area contributed by atoms with Gasteiger partial charge in [-0.1, -0.05) is 0 Å². The summed E-state index contributed by atoms with van der Waals surface area (Å²) in [5.74, 6) is 0. The smallest absolute Gasteiger partial charge is 0.0474 e. The number of likely N-dealkylation sites (N-methyl/N-ethyl adjacent to an activating group) is 2. The van der Waals surface area contributed by atoms with E-state index in [1.54, 1.807) is 7.11 Å². The van der Waals surface area contributed by atoms with Crippen LogP contribution in [0.3, 0.4) is 0 Å². The standard InChI is InChI=1S/C12H29N3O/c1-12(11-13-7-6-10-16-5)15(4)9-8-14(2)3/h12-13H,6-11H2,1-5H3. The third-order valence-corrected chi connectivity index (χ3v) is 2.79. The fourth-order valence-electron chi connectivity index (χ4n) is 1.39. The molecule has 0 aliphatic heterocycles. The van der Waals surface area contributed by atoms with Crippen LogP contribution >= 0.6 is 0 Å². The van der Waals surface area contributed by atoms with Crippen LogP contribution in [0.1, 0.15) is 13.3 Å². The van der Waals surface area contributed by atoms with E-state index in [2.05, 4.69) is 43.2 Å². The fraction of sp³-hybridized carbons (Fsp3) is 1.00. The van der Waals surface area contributed by atoms with Crippen molar-refractivity contribution in [1.82, 2.24) is 15.1 Å². The van der Waals surface area contributed by atoms with Crippen molar-refractivity contribution >= 4 is 0 Å². The molecule has 0 aliphatic carbocycles. The zero-order valence-corrected chi connectivity index (χ0v) is 11.6. The predicted octanol–water partition coefficient (Wildman–Crippen LogP) is 0.494. The van der Waals surface area contributed by atoms with Crippen molar-refractivity contribution in [2.45, 2.75) is 19.4 Å². The third-order valence-electron chi connectivity index (χ3n) is 2.79. The van der Waals surface area contributed by atoms with Gasteiger partial charge in [-0.2, -0.15) is 0 Å². The van der Waals surface area contributed by atoms with Crippen LogP contribution in [0, 0.1) is 0 Å². The number of nitrogens with zero attached hydrogens (tertiary/aromatic N) is 2. The van der Waals surface area contributed by atoms with Gasteiger partial charge in [-0.3, -0.25) is 0 Å². The number of hydrogen-bond acceptors (Lipinski definition) is 4. The summed E-state index contributed by atoms with van der Waals surface area (Å²) in [6.07, 6.45) is 1.09. The Morgan fingerprint density at radius 1 is 1.19 bits per heavy atom. The highest BCUT2D eigenvalue weighted by Gasteiger charge is 2.08. The summed E-state index contributed by atoms with van der Waals surface area (Å²) in [6, 6.07) is 0.586. The molecule has 0 radical (unpaired) electrons. The topological polar surface area (TPSA) is 27.7 Å². The second-order valence-electron chi connectivity index (χ2n) is 4.68. The summed E-state index contributed by atoms with van der Waals surface area (Å²) in [4.78, 5) is 4.61. The van der Waals surface area contributed by atoms with E-state index in [-0.39, 0.29) is 0 Å². The average molecular weight is 231 g/mol. The lowest BCUT2D eigenvalue weighted by atomic mass is 10.3. The fourth-order valence-corrected chi connectivity index (χ4v) is 1.39. The first-order valence-electron chi connectivity index (χ1n) is 6.12. The van der Waals surface area contributed by atoms with Gasteiger partial charge in [0.05, 0.1) is 0 Å². The van der Waals surface area contributed by atoms with Gasteiger partial charge < -0.3 is 19.9 Å². The van der Waals surface area contributed by atoms with Crippen molar-refractivity contribution in [1.29, 1.82) is 0 Å². The lowest BCUT2D eigenvalue weighted by molar-refractivity contribution is 0.191. The highest BCUT2D eigenvalue weighted by molar-refractivity contribution is 4.67. The SMILES string of the molecule is COCCCNCC(C)N(C)CCN(C)C. The molecule has 0 aromatic heterocycles. The van der Waals surface area contributed by atoms with E-state index in [1.165, 1.54) is 0 Å². The molecule has 0 bridgehead atoms. The summed E-state index contributed by atoms with van der Waals surface area (Å²) in [7, 11) is 8.16. The van der Waals surface area contributed by atoms with Crippen molar-refractivity contribution in [2.24, 2.45) is 0 Å². The molecular formula is C12H29N3O. The van der Waals surface area contributed by atoms with E-state index in [1.807, 2.05) is 0 Å². The van der Waals surface area contributed by atoms with E-state index >= 15 is 0 Å². The van der Waals surface area contributed by atoms with Crippen molar-refractivity contribution in [3.8, 4) is 0 Å². The van der Waals surface area contributed by atoms with Gasteiger partial charge in [0.1, 0.15) is 0 Å². The van der Waals surface area contributed by atoms with Crippen LogP contribution in [0.5, 0.6) is 0 Å². The Hall–Kier alpha value is -0.160. The molecule has 1 N–H and O–H groups in total. The van der Waals surface area contributed by atoms with Gasteiger partial charge in [0.2, 0.25) is 0 Å². The zero-order chi connectivity index (χ0) is 12.4. The van der Waals surface area contributed by atoms with Gasteiger partial charge >= 0.3 is 0 Å². The molecule has 0 aromatic rings. The quantitative estimate of drug-likeness (QED) is 0.554. The van der Waals surface area contributed by atoms with Gasteiger partial charge in [0, 0.05) is 39.4 Å². The maximum absolute atomic E-state index is 5.01. The van der Waals surface area contributed by atoms with Gasteiger partial charge in [-0.15, -0.1) is 0 Å². The molecule has 1 unspecified atom stereocenters. The van der Waals surface area contributed by atoms with Crippen LogP contribution in [0.15, 0.2) is 0 Å². The van der Waals surface area contributed by atoms with Crippen LogP contribution in [0.4, 0.5) is 0 Å². The second-order valence-corrected chi connectivity index (χ2v) is 4.68. The number of methoxy groups -OCH3 is 1. The lowest BCUT2D eigenvalue weighted by Crippen LogP contribution is -2.41. The van der Waals surface area contributed by atoms with E-state index in [0.717, 1.165) is 39.2 Å². The molecule has 1 atom stereocenters.